The van der Waals surface area contributed by atoms with E-state index in [1.54, 1.807) is 12.1 Å². The number of benzene rings is 1. The number of aliphatic hydroxyl groups excluding tert-OH is 1. The molecule has 1 aliphatic rings. The molecule has 1 unspecified atom stereocenters. The van der Waals surface area contributed by atoms with Crippen molar-refractivity contribution in [2.75, 3.05) is 13.2 Å². The minimum Gasteiger partial charge on any atom is -0.396 e. The standard InChI is InChI=1S/C17H21FN2OS/c18-16-7-2-1-6-15(16)17-19-13(12-22-17)11-20-9-4-3-5-14(20)8-10-21/h1-2,6-7,12,14,21H,3-5,8-11H2. The Balaban J connectivity index is 1.72. The van der Waals surface area contributed by atoms with Gasteiger partial charge in [0.15, 0.2) is 0 Å². The highest BCUT2D eigenvalue weighted by Crippen LogP contribution is 2.28. The van der Waals surface area contributed by atoms with Crippen LogP contribution < -0.4 is 0 Å². The number of hydrogen-bond donors (Lipinski definition) is 1. The lowest BCUT2D eigenvalue weighted by Gasteiger charge is -2.35. The van der Waals surface area contributed by atoms with Crippen molar-refractivity contribution >= 4 is 11.3 Å². The summed E-state index contributed by atoms with van der Waals surface area (Å²) in [4.78, 5) is 7.01. The Bertz CT molecular complexity index is 614. The zero-order chi connectivity index (χ0) is 15.4. The molecule has 1 aliphatic heterocycles. The Hall–Kier alpha value is -1.30. The molecule has 0 saturated carbocycles. The van der Waals surface area contributed by atoms with Crippen LogP contribution in [0.15, 0.2) is 29.6 Å². The first-order chi connectivity index (χ1) is 10.8. The molecular weight excluding hydrogens is 299 g/mol. The van der Waals surface area contributed by atoms with E-state index in [4.69, 9.17) is 0 Å². The van der Waals surface area contributed by atoms with Crippen LogP contribution in [-0.4, -0.2) is 34.2 Å². The van der Waals surface area contributed by atoms with Gasteiger partial charge in [0.05, 0.1) is 5.69 Å². The molecule has 118 valence electrons. The molecule has 0 bridgehead atoms. The molecule has 1 aromatic heterocycles. The molecule has 0 aliphatic carbocycles. The molecule has 1 saturated heterocycles. The van der Waals surface area contributed by atoms with E-state index >= 15 is 0 Å². The Kier molecular flexibility index (Phi) is 5.18. The maximum Gasteiger partial charge on any atom is 0.133 e. The summed E-state index contributed by atoms with van der Waals surface area (Å²) >= 11 is 1.49. The number of aromatic nitrogens is 1. The molecule has 3 nitrogen and oxygen atoms in total. The monoisotopic (exact) mass is 320 g/mol. The fraction of sp³-hybridized carbons (Fsp3) is 0.471. The Morgan fingerprint density at radius 1 is 1.32 bits per heavy atom. The van der Waals surface area contributed by atoms with Crippen molar-refractivity contribution in [2.45, 2.75) is 38.3 Å². The topological polar surface area (TPSA) is 36.4 Å². The van der Waals surface area contributed by atoms with Gasteiger partial charge in [-0.15, -0.1) is 11.3 Å². The SMILES string of the molecule is OCCC1CCCCN1Cc1csc(-c2ccccc2F)n1. The van der Waals surface area contributed by atoms with E-state index in [-0.39, 0.29) is 12.4 Å². The third-order valence-corrected chi connectivity index (χ3v) is 5.16. The quantitative estimate of drug-likeness (QED) is 0.913. The van der Waals surface area contributed by atoms with Gasteiger partial charge in [-0.3, -0.25) is 4.90 Å². The van der Waals surface area contributed by atoms with Gasteiger partial charge in [0.1, 0.15) is 10.8 Å². The number of nitrogens with zero attached hydrogens (tertiary/aromatic N) is 2. The van der Waals surface area contributed by atoms with Gasteiger partial charge in [0.2, 0.25) is 0 Å². The molecule has 1 atom stereocenters. The lowest BCUT2D eigenvalue weighted by atomic mass is 9.99. The average Bonchev–Trinajstić information content (AvgIpc) is 2.98. The fourth-order valence-corrected chi connectivity index (χ4v) is 3.93. The van der Waals surface area contributed by atoms with Crippen molar-refractivity contribution in [3.63, 3.8) is 0 Å². The molecule has 0 amide bonds. The number of rotatable bonds is 5. The van der Waals surface area contributed by atoms with E-state index in [2.05, 4.69) is 9.88 Å². The maximum atomic E-state index is 13.8. The number of halogens is 1. The molecule has 2 heterocycles. The van der Waals surface area contributed by atoms with Gasteiger partial charge in [-0.1, -0.05) is 18.6 Å². The van der Waals surface area contributed by atoms with Gasteiger partial charge in [-0.25, -0.2) is 9.37 Å². The lowest BCUT2D eigenvalue weighted by Crippen LogP contribution is -2.39. The normalized spacial score (nSPS) is 19.5. The van der Waals surface area contributed by atoms with Crippen LogP contribution in [0.1, 0.15) is 31.4 Å². The fourth-order valence-electron chi connectivity index (χ4n) is 3.09. The minimum absolute atomic E-state index is 0.223. The maximum absolute atomic E-state index is 13.8. The van der Waals surface area contributed by atoms with E-state index in [1.807, 2.05) is 11.4 Å². The lowest BCUT2D eigenvalue weighted by molar-refractivity contribution is 0.111. The van der Waals surface area contributed by atoms with Crippen LogP contribution in [0.4, 0.5) is 4.39 Å². The highest BCUT2D eigenvalue weighted by molar-refractivity contribution is 7.13. The number of hydrogen-bond acceptors (Lipinski definition) is 4. The summed E-state index contributed by atoms with van der Waals surface area (Å²) < 4.78 is 13.8. The van der Waals surface area contributed by atoms with Gasteiger partial charge in [0, 0.05) is 30.1 Å². The van der Waals surface area contributed by atoms with Crippen LogP contribution in [0.2, 0.25) is 0 Å². The highest BCUT2D eigenvalue weighted by atomic mass is 32.1. The summed E-state index contributed by atoms with van der Waals surface area (Å²) in [6.07, 6.45) is 4.40. The molecule has 0 spiro atoms. The largest absolute Gasteiger partial charge is 0.396 e. The Morgan fingerprint density at radius 3 is 3.00 bits per heavy atom. The van der Waals surface area contributed by atoms with Crippen LogP contribution >= 0.6 is 11.3 Å². The Labute approximate surface area is 134 Å². The van der Waals surface area contributed by atoms with Crippen molar-refractivity contribution < 1.29 is 9.50 Å². The average molecular weight is 320 g/mol. The van der Waals surface area contributed by atoms with E-state index in [1.165, 1.54) is 30.2 Å². The second-order valence-electron chi connectivity index (χ2n) is 5.76. The van der Waals surface area contributed by atoms with Crippen LogP contribution in [0.3, 0.4) is 0 Å². The number of piperidine rings is 1. The highest BCUT2D eigenvalue weighted by Gasteiger charge is 2.22. The first-order valence-electron chi connectivity index (χ1n) is 7.82. The van der Waals surface area contributed by atoms with E-state index < -0.39 is 0 Å². The first-order valence-corrected chi connectivity index (χ1v) is 8.70. The molecule has 22 heavy (non-hydrogen) atoms. The number of aliphatic hydroxyl groups is 1. The number of likely N-dealkylation sites (tertiary alicyclic amines) is 1. The third-order valence-electron chi connectivity index (χ3n) is 4.23. The van der Waals surface area contributed by atoms with Crippen LogP contribution in [0, 0.1) is 5.82 Å². The van der Waals surface area contributed by atoms with Crippen molar-refractivity contribution in [1.29, 1.82) is 0 Å². The van der Waals surface area contributed by atoms with Crippen LogP contribution in [0.25, 0.3) is 10.6 Å². The number of thiazole rings is 1. The van der Waals surface area contributed by atoms with Crippen molar-refractivity contribution in [3.05, 3.63) is 41.2 Å². The molecule has 1 aromatic carbocycles. The van der Waals surface area contributed by atoms with E-state index in [0.29, 0.717) is 11.6 Å². The molecule has 0 radical (unpaired) electrons. The van der Waals surface area contributed by atoms with Crippen molar-refractivity contribution in [3.8, 4) is 10.6 Å². The molecule has 1 N–H and O–H groups in total. The second kappa shape index (κ2) is 7.31. The Morgan fingerprint density at radius 2 is 2.18 bits per heavy atom. The van der Waals surface area contributed by atoms with E-state index in [0.717, 1.165) is 36.6 Å². The predicted molar refractivity (Wildman–Crippen MR) is 87.3 cm³/mol. The molecular formula is C17H21FN2OS. The van der Waals surface area contributed by atoms with Gasteiger partial charge in [-0.2, -0.15) is 0 Å². The van der Waals surface area contributed by atoms with E-state index in [9.17, 15) is 9.50 Å². The van der Waals surface area contributed by atoms with Gasteiger partial charge in [-0.05, 0) is 37.9 Å². The third kappa shape index (κ3) is 3.54. The van der Waals surface area contributed by atoms with Gasteiger partial charge < -0.3 is 5.11 Å². The van der Waals surface area contributed by atoms with Crippen molar-refractivity contribution in [2.24, 2.45) is 0 Å². The van der Waals surface area contributed by atoms with Gasteiger partial charge in [0.25, 0.3) is 0 Å². The summed E-state index contributed by atoms with van der Waals surface area (Å²) in [5.74, 6) is -0.223. The van der Waals surface area contributed by atoms with Crippen LogP contribution in [0.5, 0.6) is 0 Å². The summed E-state index contributed by atoms with van der Waals surface area (Å²) in [6, 6.07) is 7.21. The minimum atomic E-state index is -0.223. The molecule has 3 rings (SSSR count). The van der Waals surface area contributed by atoms with Crippen LogP contribution in [-0.2, 0) is 6.54 Å². The molecule has 5 heteroatoms. The first kappa shape index (κ1) is 15.6. The predicted octanol–water partition coefficient (Wildman–Crippen LogP) is 3.69. The second-order valence-corrected chi connectivity index (χ2v) is 6.61. The summed E-state index contributed by atoms with van der Waals surface area (Å²) in [7, 11) is 0. The summed E-state index contributed by atoms with van der Waals surface area (Å²) in [6.45, 7) is 2.07. The zero-order valence-corrected chi connectivity index (χ0v) is 13.4. The zero-order valence-electron chi connectivity index (χ0n) is 12.5. The summed E-state index contributed by atoms with van der Waals surface area (Å²) in [5, 5.41) is 12.0. The smallest absolute Gasteiger partial charge is 0.133 e. The van der Waals surface area contributed by atoms with Gasteiger partial charge >= 0.3 is 0 Å². The molecule has 2 aromatic rings. The van der Waals surface area contributed by atoms with Crippen molar-refractivity contribution in [1.82, 2.24) is 9.88 Å². The molecule has 1 fully saturated rings. The summed E-state index contributed by atoms with van der Waals surface area (Å²) in [5.41, 5.74) is 1.57.